The van der Waals surface area contributed by atoms with E-state index in [1.165, 1.54) is 6.92 Å². The van der Waals surface area contributed by atoms with Crippen LogP contribution in [0.25, 0.3) is 0 Å². The molecule has 0 bridgehead atoms. The lowest BCUT2D eigenvalue weighted by Gasteiger charge is -2.13. The molecule has 4 nitrogen and oxygen atoms in total. The van der Waals surface area contributed by atoms with Crippen LogP contribution in [0.4, 0.5) is 0 Å². The Bertz CT molecular complexity index is 422. The first-order valence-electron chi connectivity index (χ1n) is 6.57. The van der Waals surface area contributed by atoms with Gasteiger partial charge in [0, 0.05) is 6.92 Å². The first-order valence-corrected chi connectivity index (χ1v) is 6.57. The molecule has 1 atom stereocenters. The Labute approximate surface area is 113 Å². The van der Waals surface area contributed by atoms with E-state index in [1.807, 2.05) is 13.8 Å². The number of esters is 2. The van der Waals surface area contributed by atoms with Crippen LogP contribution in [0.15, 0.2) is 24.3 Å². The lowest BCUT2D eigenvalue weighted by atomic mass is 10.0. The molecular weight excluding hydrogens is 244 g/mol. The topological polar surface area (TPSA) is 52.6 Å². The predicted octanol–water partition coefficient (Wildman–Crippen LogP) is 3.34. The third-order valence-corrected chi connectivity index (χ3v) is 2.77. The molecule has 1 rings (SSSR count). The molecule has 0 aliphatic heterocycles. The monoisotopic (exact) mass is 264 g/mol. The van der Waals surface area contributed by atoms with Crippen molar-refractivity contribution in [2.24, 2.45) is 5.92 Å². The van der Waals surface area contributed by atoms with Crippen molar-refractivity contribution < 1.29 is 19.1 Å². The van der Waals surface area contributed by atoms with Crippen molar-refractivity contribution >= 4 is 11.9 Å². The number of hydrogen-bond donors (Lipinski definition) is 0. The largest absolute Gasteiger partial charge is 0.427 e. The van der Waals surface area contributed by atoms with Crippen molar-refractivity contribution in [3.05, 3.63) is 24.3 Å². The molecule has 0 saturated heterocycles. The molecule has 0 saturated carbocycles. The van der Waals surface area contributed by atoms with Gasteiger partial charge in [0.2, 0.25) is 0 Å². The highest BCUT2D eigenvalue weighted by Crippen LogP contribution is 2.20. The second kappa shape index (κ2) is 7.56. The molecule has 1 aromatic rings. The van der Waals surface area contributed by atoms with Crippen molar-refractivity contribution in [1.29, 1.82) is 0 Å². The van der Waals surface area contributed by atoms with Crippen LogP contribution in [0.2, 0.25) is 0 Å². The van der Waals surface area contributed by atoms with E-state index in [0.29, 0.717) is 11.5 Å². The highest BCUT2D eigenvalue weighted by Gasteiger charge is 2.17. The normalized spacial score (nSPS) is 11.7. The number of carbonyl (C=O) groups excluding carboxylic acids is 2. The summed E-state index contributed by atoms with van der Waals surface area (Å²) in [5, 5.41) is 0. The standard InChI is InChI=1S/C15H20O4/c1-4-6-12(5-2)15(17)19-14-9-7-13(8-10-14)18-11(3)16/h7-10,12H,4-6H2,1-3H3. The number of benzene rings is 1. The number of rotatable bonds is 6. The van der Waals surface area contributed by atoms with E-state index in [4.69, 9.17) is 9.47 Å². The van der Waals surface area contributed by atoms with Gasteiger partial charge in [0.05, 0.1) is 5.92 Å². The van der Waals surface area contributed by atoms with Gasteiger partial charge in [-0.3, -0.25) is 9.59 Å². The molecule has 0 aromatic heterocycles. The van der Waals surface area contributed by atoms with E-state index in [1.54, 1.807) is 24.3 Å². The van der Waals surface area contributed by atoms with Crippen LogP contribution in [-0.2, 0) is 9.59 Å². The summed E-state index contributed by atoms with van der Waals surface area (Å²) in [7, 11) is 0. The quantitative estimate of drug-likeness (QED) is 0.584. The number of carbonyl (C=O) groups is 2. The van der Waals surface area contributed by atoms with Crippen LogP contribution in [-0.4, -0.2) is 11.9 Å². The van der Waals surface area contributed by atoms with Gasteiger partial charge in [0.15, 0.2) is 0 Å². The first kappa shape index (κ1) is 15.2. The van der Waals surface area contributed by atoms with E-state index in [9.17, 15) is 9.59 Å². The van der Waals surface area contributed by atoms with Crippen molar-refractivity contribution in [1.82, 2.24) is 0 Å². The molecule has 0 amide bonds. The van der Waals surface area contributed by atoms with Crippen LogP contribution in [0.3, 0.4) is 0 Å². The van der Waals surface area contributed by atoms with Crippen LogP contribution >= 0.6 is 0 Å². The summed E-state index contributed by atoms with van der Waals surface area (Å²) in [6.07, 6.45) is 2.57. The molecule has 104 valence electrons. The molecule has 19 heavy (non-hydrogen) atoms. The maximum absolute atomic E-state index is 11.9. The average molecular weight is 264 g/mol. The fraction of sp³-hybridized carbons (Fsp3) is 0.467. The third-order valence-electron chi connectivity index (χ3n) is 2.77. The molecule has 4 heteroatoms. The lowest BCUT2D eigenvalue weighted by molar-refractivity contribution is -0.139. The maximum Gasteiger partial charge on any atom is 0.314 e. The molecular formula is C15H20O4. The Hall–Kier alpha value is -1.84. The minimum absolute atomic E-state index is 0.0573. The molecule has 0 fully saturated rings. The fourth-order valence-electron chi connectivity index (χ4n) is 1.78. The third kappa shape index (κ3) is 5.12. The van der Waals surface area contributed by atoms with Gasteiger partial charge in [-0.2, -0.15) is 0 Å². The van der Waals surface area contributed by atoms with Crippen LogP contribution in [0.1, 0.15) is 40.0 Å². The molecule has 0 spiro atoms. The minimum atomic E-state index is -0.376. The highest BCUT2D eigenvalue weighted by atomic mass is 16.5. The summed E-state index contributed by atoms with van der Waals surface area (Å²) in [5.74, 6) is 0.268. The molecule has 0 radical (unpaired) electrons. The number of hydrogen-bond acceptors (Lipinski definition) is 4. The van der Waals surface area contributed by atoms with Crippen molar-refractivity contribution in [3.63, 3.8) is 0 Å². The second-order valence-corrected chi connectivity index (χ2v) is 4.38. The Kier molecular flexibility index (Phi) is 6.06. The van der Waals surface area contributed by atoms with E-state index in [0.717, 1.165) is 19.3 Å². The average Bonchev–Trinajstić information content (AvgIpc) is 2.37. The molecule has 1 aromatic carbocycles. The SMILES string of the molecule is CCCC(CC)C(=O)Oc1ccc(OC(C)=O)cc1. The van der Waals surface area contributed by atoms with Gasteiger partial charge in [0.25, 0.3) is 0 Å². The van der Waals surface area contributed by atoms with E-state index >= 15 is 0 Å². The summed E-state index contributed by atoms with van der Waals surface area (Å²) in [4.78, 5) is 22.7. The van der Waals surface area contributed by atoms with Gasteiger partial charge in [-0.15, -0.1) is 0 Å². The highest BCUT2D eigenvalue weighted by molar-refractivity contribution is 5.75. The summed E-state index contributed by atoms with van der Waals surface area (Å²) >= 11 is 0. The zero-order chi connectivity index (χ0) is 14.3. The number of ether oxygens (including phenoxy) is 2. The molecule has 0 aliphatic rings. The van der Waals surface area contributed by atoms with E-state index < -0.39 is 0 Å². The van der Waals surface area contributed by atoms with Gasteiger partial charge < -0.3 is 9.47 Å². The maximum atomic E-state index is 11.9. The second-order valence-electron chi connectivity index (χ2n) is 4.38. The van der Waals surface area contributed by atoms with Gasteiger partial charge in [-0.1, -0.05) is 20.3 Å². The fourth-order valence-corrected chi connectivity index (χ4v) is 1.78. The Morgan fingerprint density at radius 3 is 2.00 bits per heavy atom. The van der Waals surface area contributed by atoms with Crippen molar-refractivity contribution in [2.75, 3.05) is 0 Å². The molecule has 0 aliphatic carbocycles. The van der Waals surface area contributed by atoms with Gasteiger partial charge in [-0.05, 0) is 37.1 Å². The predicted molar refractivity (Wildman–Crippen MR) is 72.1 cm³/mol. The van der Waals surface area contributed by atoms with E-state index in [-0.39, 0.29) is 17.9 Å². The zero-order valence-electron chi connectivity index (χ0n) is 11.6. The Morgan fingerprint density at radius 2 is 1.58 bits per heavy atom. The Balaban J connectivity index is 2.61. The zero-order valence-corrected chi connectivity index (χ0v) is 11.6. The molecule has 1 unspecified atom stereocenters. The van der Waals surface area contributed by atoms with Crippen molar-refractivity contribution in [3.8, 4) is 11.5 Å². The minimum Gasteiger partial charge on any atom is -0.427 e. The van der Waals surface area contributed by atoms with Crippen LogP contribution in [0, 0.1) is 5.92 Å². The summed E-state index contributed by atoms with van der Waals surface area (Å²) in [5.41, 5.74) is 0. The van der Waals surface area contributed by atoms with E-state index in [2.05, 4.69) is 0 Å². The smallest absolute Gasteiger partial charge is 0.314 e. The molecule has 0 heterocycles. The van der Waals surface area contributed by atoms with Gasteiger partial charge >= 0.3 is 11.9 Å². The molecule has 0 N–H and O–H groups in total. The van der Waals surface area contributed by atoms with Crippen LogP contribution in [0.5, 0.6) is 11.5 Å². The first-order chi connectivity index (χ1) is 9.06. The summed E-state index contributed by atoms with van der Waals surface area (Å²) in [6, 6.07) is 6.44. The Morgan fingerprint density at radius 1 is 1.05 bits per heavy atom. The van der Waals surface area contributed by atoms with Crippen molar-refractivity contribution in [2.45, 2.75) is 40.0 Å². The lowest BCUT2D eigenvalue weighted by Crippen LogP contribution is -2.19. The summed E-state index contributed by atoms with van der Waals surface area (Å²) in [6.45, 7) is 5.36. The summed E-state index contributed by atoms with van der Waals surface area (Å²) < 4.78 is 10.2. The van der Waals surface area contributed by atoms with Gasteiger partial charge in [0.1, 0.15) is 11.5 Å². The van der Waals surface area contributed by atoms with Gasteiger partial charge in [-0.25, -0.2) is 0 Å². The van der Waals surface area contributed by atoms with Crippen LogP contribution < -0.4 is 9.47 Å².